The molecule has 0 aromatic rings. The van der Waals surface area contributed by atoms with E-state index in [1.807, 2.05) is 6.92 Å². The first-order valence-electron chi connectivity index (χ1n) is 6.65. The van der Waals surface area contributed by atoms with E-state index in [1.54, 1.807) is 37.7 Å². The minimum Gasteiger partial charge on any atom is -0.330 e. The summed E-state index contributed by atoms with van der Waals surface area (Å²) in [6.07, 6.45) is 1.73. The van der Waals surface area contributed by atoms with Crippen LogP contribution in [0.1, 0.15) is 47.5 Å². The number of rotatable bonds is 3. The van der Waals surface area contributed by atoms with Gasteiger partial charge in [-0.15, -0.1) is 0 Å². The Morgan fingerprint density at radius 1 is 1.06 bits per heavy atom. The Labute approximate surface area is 110 Å². The van der Waals surface area contributed by atoms with Gasteiger partial charge in [-0.2, -0.15) is 0 Å². The molecule has 0 aromatic carbocycles. The minimum atomic E-state index is -0.749. The molecule has 2 atom stereocenters. The molecular weight excluding hydrogens is 228 g/mol. The van der Waals surface area contributed by atoms with Crippen LogP contribution in [0, 0.1) is 5.92 Å². The van der Waals surface area contributed by atoms with E-state index in [9.17, 15) is 9.59 Å². The highest BCUT2D eigenvalue weighted by Gasteiger charge is 2.54. The zero-order chi connectivity index (χ0) is 14.3. The third-order valence-corrected chi connectivity index (χ3v) is 4.62. The van der Waals surface area contributed by atoms with E-state index in [0.717, 1.165) is 6.42 Å². The molecule has 18 heavy (non-hydrogen) atoms. The lowest BCUT2D eigenvalue weighted by Crippen LogP contribution is -2.72. The topological polar surface area (TPSA) is 40.6 Å². The molecule has 104 valence electrons. The van der Waals surface area contributed by atoms with Crippen LogP contribution >= 0.6 is 0 Å². The van der Waals surface area contributed by atoms with Crippen molar-refractivity contribution in [2.75, 3.05) is 14.1 Å². The molecule has 1 aliphatic heterocycles. The lowest BCUT2D eigenvalue weighted by atomic mass is 9.80. The summed E-state index contributed by atoms with van der Waals surface area (Å²) in [5, 5.41) is 0. The van der Waals surface area contributed by atoms with E-state index in [2.05, 4.69) is 13.8 Å². The molecule has 0 N–H and O–H groups in total. The summed E-state index contributed by atoms with van der Waals surface area (Å²) in [6.45, 7) is 9.71. The van der Waals surface area contributed by atoms with Gasteiger partial charge < -0.3 is 9.80 Å². The lowest BCUT2D eigenvalue weighted by molar-refractivity contribution is -0.173. The highest BCUT2D eigenvalue weighted by atomic mass is 16.2. The van der Waals surface area contributed by atoms with E-state index >= 15 is 0 Å². The van der Waals surface area contributed by atoms with E-state index in [0.29, 0.717) is 12.3 Å². The maximum absolute atomic E-state index is 12.6. The number of hydrogen-bond donors (Lipinski definition) is 0. The summed E-state index contributed by atoms with van der Waals surface area (Å²) in [7, 11) is 3.47. The second kappa shape index (κ2) is 4.56. The van der Waals surface area contributed by atoms with Crippen LogP contribution in [0.15, 0.2) is 0 Å². The maximum Gasteiger partial charge on any atom is 0.248 e. The van der Waals surface area contributed by atoms with Crippen LogP contribution in [0.25, 0.3) is 0 Å². The van der Waals surface area contributed by atoms with Crippen molar-refractivity contribution in [1.82, 2.24) is 9.80 Å². The van der Waals surface area contributed by atoms with Gasteiger partial charge >= 0.3 is 0 Å². The van der Waals surface area contributed by atoms with Crippen molar-refractivity contribution in [3.8, 4) is 0 Å². The van der Waals surface area contributed by atoms with E-state index in [1.165, 1.54) is 0 Å². The molecule has 0 saturated carbocycles. The molecule has 4 nitrogen and oxygen atoms in total. The quantitative estimate of drug-likeness (QED) is 0.771. The van der Waals surface area contributed by atoms with Gasteiger partial charge in [0.05, 0.1) is 0 Å². The average molecular weight is 254 g/mol. The van der Waals surface area contributed by atoms with E-state index in [4.69, 9.17) is 0 Å². The van der Waals surface area contributed by atoms with Crippen molar-refractivity contribution in [1.29, 1.82) is 0 Å². The number of amides is 2. The molecule has 0 bridgehead atoms. The van der Waals surface area contributed by atoms with Gasteiger partial charge in [-0.3, -0.25) is 9.59 Å². The van der Waals surface area contributed by atoms with Crippen LogP contribution < -0.4 is 0 Å². The fourth-order valence-corrected chi connectivity index (χ4v) is 2.58. The third-order valence-electron chi connectivity index (χ3n) is 4.62. The van der Waals surface area contributed by atoms with Crippen molar-refractivity contribution >= 4 is 11.8 Å². The van der Waals surface area contributed by atoms with Crippen LogP contribution in [0.2, 0.25) is 0 Å². The van der Waals surface area contributed by atoms with Crippen molar-refractivity contribution in [2.24, 2.45) is 5.92 Å². The van der Waals surface area contributed by atoms with Gasteiger partial charge in [0.2, 0.25) is 11.8 Å². The monoisotopic (exact) mass is 254 g/mol. The number of likely N-dealkylation sites (N-methyl/N-ethyl adjacent to an activating group) is 2. The molecule has 2 unspecified atom stereocenters. The third kappa shape index (κ3) is 2.02. The fraction of sp³-hybridized carbons (Fsp3) is 0.857. The summed E-state index contributed by atoms with van der Waals surface area (Å²) >= 11 is 0. The molecule has 1 heterocycles. The van der Waals surface area contributed by atoms with Gasteiger partial charge in [0.15, 0.2) is 0 Å². The highest BCUT2D eigenvalue weighted by molar-refractivity contribution is 6.01. The van der Waals surface area contributed by atoms with Crippen LogP contribution in [-0.4, -0.2) is 46.8 Å². The Hall–Kier alpha value is -1.06. The zero-order valence-electron chi connectivity index (χ0n) is 12.7. The van der Waals surface area contributed by atoms with Gasteiger partial charge in [-0.1, -0.05) is 20.3 Å². The Morgan fingerprint density at radius 2 is 1.56 bits per heavy atom. The number of carbonyl (C=O) groups is 2. The highest BCUT2D eigenvalue weighted by Crippen LogP contribution is 2.35. The van der Waals surface area contributed by atoms with E-state index < -0.39 is 11.1 Å². The Morgan fingerprint density at radius 3 is 2.00 bits per heavy atom. The lowest BCUT2D eigenvalue weighted by Gasteiger charge is -2.52. The summed E-state index contributed by atoms with van der Waals surface area (Å²) in [4.78, 5) is 28.3. The Kier molecular flexibility index (Phi) is 3.80. The smallest absolute Gasteiger partial charge is 0.248 e. The summed E-state index contributed by atoms with van der Waals surface area (Å²) < 4.78 is 0. The maximum atomic E-state index is 12.6. The summed E-state index contributed by atoms with van der Waals surface area (Å²) in [6, 6.07) is 0. The first-order chi connectivity index (χ1) is 8.09. The molecule has 0 aromatic heterocycles. The van der Waals surface area contributed by atoms with Crippen LogP contribution in [-0.2, 0) is 9.59 Å². The predicted octanol–water partition coefficient (Wildman–Crippen LogP) is 1.89. The molecule has 2 amide bonds. The van der Waals surface area contributed by atoms with Crippen LogP contribution in [0.3, 0.4) is 0 Å². The van der Waals surface area contributed by atoms with Crippen molar-refractivity contribution < 1.29 is 9.59 Å². The fourth-order valence-electron chi connectivity index (χ4n) is 2.58. The summed E-state index contributed by atoms with van der Waals surface area (Å²) in [5.74, 6) is 0.467. The van der Waals surface area contributed by atoms with Crippen molar-refractivity contribution in [2.45, 2.75) is 58.5 Å². The van der Waals surface area contributed by atoms with Gasteiger partial charge in [-0.05, 0) is 33.1 Å². The molecule has 1 rings (SSSR count). The largest absolute Gasteiger partial charge is 0.330 e. The second-order valence-corrected chi connectivity index (χ2v) is 6.28. The predicted molar refractivity (Wildman–Crippen MR) is 72.1 cm³/mol. The number of carbonyl (C=O) groups excluding carboxylic acids is 2. The molecule has 0 aliphatic carbocycles. The second-order valence-electron chi connectivity index (χ2n) is 6.28. The van der Waals surface area contributed by atoms with Crippen molar-refractivity contribution in [3.05, 3.63) is 0 Å². The van der Waals surface area contributed by atoms with Gasteiger partial charge in [0.25, 0.3) is 0 Å². The van der Waals surface area contributed by atoms with Gasteiger partial charge in [-0.25, -0.2) is 0 Å². The molecule has 1 saturated heterocycles. The molecule has 1 aliphatic rings. The Balaban J connectivity index is 3.14. The zero-order valence-corrected chi connectivity index (χ0v) is 12.7. The summed E-state index contributed by atoms with van der Waals surface area (Å²) in [5.41, 5.74) is -1.46. The van der Waals surface area contributed by atoms with Crippen LogP contribution in [0.5, 0.6) is 0 Å². The Bertz CT molecular complexity index is 365. The molecule has 0 radical (unpaired) electrons. The number of piperazine rings is 1. The normalized spacial score (nSPS) is 29.7. The molecule has 0 spiro atoms. The van der Waals surface area contributed by atoms with E-state index in [-0.39, 0.29) is 11.8 Å². The average Bonchev–Trinajstić information content (AvgIpc) is 2.33. The SMILES string of the molecule is CCC(C)CC1(C)C(=O)N(C)C(C)(C)C(=O)N1C. The first kappa shape index (κ1) is 15.0. The molecule has 4 heteroatoms. The number of nitrogens with zero attached hydrogens (tertiary/aromatic N) is 2. The molecule has 1 fully saturated rings. The van der Waals surface area contributed by atoms with Gasteiger partial charge in [0, 0.05) is 14.1 Å². The van der Waals surface area contributed by atoms with Crippen molar-refractivity contribution in [3.63, 3.8) is 0 Å². The number of hydrogen-bond acceptors (Lipinski definition) is 2. The van der Waals surface area contributed by atoms with Gasteiger partial charge in [0.1, 0.15) is 11.1 Å². The molecular formula is C14H26N2O2. The van der Waals surface area contributed by atoms with Crippen LogP contribution in [0.4, 0.5) is 0 Å². The first-order valence-corrected chi connectivity index (χ1v) is 6.65. The minimum absolute atomic E-state index is 0.00963. The standard InChI is InChI=1S/C14H26N2O2/c1-8-10(2)9-14(5)12(18)15(6)13(3,4)11(17)16(14)7/h10H,8-9H2,1-7H3.